The maximum atomic E-state index is 15.3. The maximum absolute atomic E-state index is 15.3. The molecule has 2 unspecified atom stereocenters. The van der Waals surface area contributed by atoms with Crippen molar-refractivity contribution in [1.82, 2.24) is 19.9 Å². The molecule has 11 heteroatoms. The molecule has 2 saturated heterocycles. The van der Waals surface area contributed by atoms with Gasteiger partial charge in [-0.15, -0.1) is 0 Å². The quantitative estimate of drug-likeness (QED) is 0.453. The largest absolute Gasteiger partial charge is 0.471 e. The highest BCUT2D eigenvalue weighted by molar-refractivity contribution is 6.33. The lowest BCUT2D eigenvalue weighted by Gasteiger charge is -2.46. The smallest absolute Gasteiger partial charge is 0.256 e. The number of hydrogen-bond acceptors (Lipinski definition) is 8. The van der Waals surface area contributed by atoms with Crippen LogP contribution >= 0.6 is 11.6 Å². The normalized spacial score (nSPS) is 21.1. The summed E-state index contributed by atoms with van der Waals surface area (Å²) in [5, 5.41) is 3.16. The number of aromatic nitrogens is 4. The van der Waals surface area contributed by atoms with Crippen molar-refractivity contribution in [3.8, 4) is 5.88 Å². The fourth-order valence-electron chi connectivity index (χ4n) is 4.64. The predicted octanol–water partition coefficient (Wildman–Crippen LogP) is 4.84. The number of hydrogen-bond donors (Lipinski definition) is 1. The highest BCUT2D eigenvalue weighted by atomic mass is 35.5. The third kappa shape index (κ3) is 5.03. The van der Waals surface area contributed by atoms with Gasteiger partial charge in [0, 0.05) is 37.3 Å². The second-order valence-corrected chi connectivity index (χ2v) is 9.34. The van der Waals surface area contributed by atoms with Gasteiger partial charge in [-0.05, 0) is 24.1 Å². The number of nitrogens with zero attached hydrogens (tertiary/aromatic N) is 6. The number of fused-ring (bicyclic) bond motifs is 2. The topological polar surface area (TPSA) is 89.7 Å². The Balaban J connectivity index is 1.31. The van der Waals surface area contributed by atoms with Crippen LogP contribution in [0.25, 0.3) is 4.85 Å². The van der Waals surface area contributed by atoms with E-state index in [-0.39, 0.29) is 34.7 Å². The molecular weight excluding hydrogens is 485 g/mol. The standard InChI is InChI=1S/C25H25ClFN7O2/c1-3-4-15-8-29-25(30-9-15)34-10-16-12-35-13-17(11-34)22(16)36-24-21(27)23(31-14-32-24)33-20-6-5-18(28-2)7-19(20)26/h5-9,14,16-17,22H,3-4,10-13H2,1H3,(H,31,32,33). The van der Waals surface area contributed by atoms with Crippen LogP contribution in [-0.2, 0) is 11.2 Å². The molecule has 1 N–H and O–H groups in total. The van der Waals surface area contributed by atoms with Crippen LogP contribution in [0.3, 0.4) is 0 Å². The highest BCUT2D eigenvalue weighted by Crippen LogP contribution is 2.35. The number of benzene rings is 1. The van der Waals surface area contributed by atoms with E-state index in [1.807, 2.05) is 12.4 Å². The summed E-state index contributed by atoms with van der Waals surface area (Å²) >= 11 is 6.23. The molecule has 3 aromatic rings. The maximum Gasteiger partial charge on any atom is 0.256 e. The van der Waals surface area contributed by atoms with Crippen LogP contribution in [-0.4, -0.2) is 52.3 Å². The summed E-state index contributed by atoms with van der Waals surface area (Å²) in [6, 6.07) is 4.70. The molecule has 0 aliphatic carbocycles. The molecule has 2 aliphatic rings. The van der Waals surface area contributed by atoms with Crippen molar-refractivity contribution in [2.75, 3.05) is 36.5 Å². The molecule has 186 valence electrons. The van der Waals surface area contributed by atoms with Crippen molar-refractivity contribution < 1.29 is 13.9 Å². The van der Waals surface area contributed by atoms with Gasteiger partial charge in [0.15, 0.2) is 11.5 Å². The van der Waals surface area contributed by atoms with Crippen LogP contribution in [0.2, 0.25) is 5.02 Å². The molecule has 2 fully saturated rings. The zero-order chi connectivity index (χ0) is 25.1. The molecule has 2 aliphatic heterocycles. The molecule has 0 amide bonds. The van der Waals surface area contributed by atoms with E-state index in [9.17, 15) is 0 Å². The Morgan fingerprint density at radius 2 is 1.94 bits per heavy atom. The molecule has 1 aromatic carbocycles. The van der Waals surface area contributed by atoms with Crippen LogP contribution in [0.15, 0.2) is 36.9 Å². The molecule has 0 spiro atoms. The van der Waals surface area contributed by atoms with Gasteiger partial charge in [-0.1, -0.05) is 31.0 Å². The first kappa shape index (κ1) is 24.2. The van der Waals surface area contributed by atoms with E-state index < -0.39 is 5.82 Å². The van der Waals surface area contributed by atoms with Gasteiger partial charge in [0.1, 0.15) is 12.4 Å². The number of halogens is 2. The lowest BCUT2D eigenvalue weighted by atomic mass is 9.84. The molecule has 2 bridgehead atoms. The van der Waals surface area contributed by atoms with Gasteiger partial charge in [-0.25, -0.2) is 19.8 Å². The third-order valence-electron chi connectivity index (χ3n) is 6.36. The minimum Gasteiger partial charge on any atom is -0.471 e. The summed E-state index contributed by atoms with van der Waals surface area (Å²) in [7, 11) is 0. The summed E-state index contributed by atoms with van der Waals surface area (Å²) in [5.41, 5.74) is 1.94. The lowest BCUT2D eigenvalue weighted by molar-refractivity contribution is -0.0780. The van der Waals surface area contributed by atoms with E-state index >= 15 is 4.39 Å². The average Bonchev–Trinajstić information content (AvgIpc) is 2.88. The zero-order valence-corrected chi connectivity index (χ0v) is 20.5. The number of piperidine rings is 1. The van der Waals surface area contributed by atoms with E-state index in [1.165, 1.54) is 12.4 Å². The Morgan fingerprint density at radius 1 is 1.19 bits per heavy atom. The molecular formula is C25H25ClFN7O2. The Kier molecular flexibility index (Phi) is 7.11. The van der Waals surface area contributed by atoms with Gasteiger partial charge in [0.05, 0.1) is 30.5 Å². The fraction of sp³-hybridized carbons (Fsp3) is 0.400. The monoisotopic (exact) mass is 509 g/mol. The second-order valence-electron chi connectivity index (χ2n) is 8.93. The van der Waals surface area contributed by atoms with E-state index in [4.69, 9.17) is 27.6 Å². The van der Waals surface area contributed by atoms with Gasteiger partial charge in [-0.2, -0.15) is 9.37 Å². The van der Waals surface area contributed by atoms with Crippen molar-refractivity contribution in [3.05, 3.63) is 64.7 Å². The zero-order valence-electron chi connectivity index (χ0n) is 19.7. The Morgan fingerprint density at radius 3 is 2.61 bits per heavy atom. The summed E-state index contributed by atoms with van der Waals surface area (Å²) in [6.07, 6.45) is 6.74. The van der Waals surface area contributed by atoms with Crippen molar-refractivity contribution in [2.24, 2.45) is 11.8 Å². The Hall–Kier alpha value is -3.55. The van der Waals surface area contributed by atoms with Crippen LogP contribution in [0.4, 0.5) is 27.5 Å². The first-order valence-corrected chi connectivity index (χ1v) is 12.2. The fourth-order valence-corrected chi connectivity index (χ4v) is 4.86. The van der Waals surface area contributed by atoms with Gasteiger partial charge in [0.25, 0.3) is 5.88 Å². The molecule has 36 heavy (non-hydrogen) atoms. The molecule has 2 aromatic heterocycles. The number of nitrogens with one attached hydrogen (secondary N) is 1. The number of aryl methyl sites for hydroxylation is 1. The lowest BCUT2D eigenvalue weighted by Crippen LogP contribution is -2.58. The Labute approximate surface area is 213 Å². The minimum absolute atomic E-state index is 0.00203. The first-order valence-electron chi connectivity index (χ1n) is 11.8. The number of ether oxygens (including phenoxy) is 2. The molecule has 2 atom stereocenters. The van der Waals surface area contributed by atoms with Crippen molar-refractivity contribution in [2.45, 2.75) is 25.9 Å². The van der Waals surface area contributed by atoms with Gasteiger partial charge < -0.3 is 19.7 Å². The Bertz CT molecular complexity index is 1260. The van der Waals surface area contributed by atoms with Crippen LogP contribution < -0.4 is 15.0 Å². The predicted molar refractivity (Wildman–Crippen MR) is 133 cm³/mol. The van der Waals surface area contributed by atoms with Crippen molar-refractivity contribution in [3.63, 3.8) is 0 Å². The van der Waals surface area contributed by atoms with Gasteiger partial charge >= 0.3 is 0 Å². The molecule has 4 heterocycles. The molecule has 0 radical (unpaired) electrons. The molecule has 9 nitrogen and oxygen atoms in total. The average molecular weight is 510 g/mol. The molecule has 0 saturated carbocycles. The number of anilines is 3. The summed E-state index contributed by atoms with van der Waals surface area (Å²) in [5.74, 6) is -0.213. The summed E-state index contributed by atoms with van der Waals surface area (Å²) < 4.78 is 27.3. The van der Waals surface area contributed by atoms with Crippen molar-refractivity contribution in [1.29, 1.82) is 0 Å². The van der Waals surface area contributed by atoms with Crippen LogP contribution in [0.5, 0.6) is 5.88 Å². The third-order valence-corrected chi connectivity index (χ3v) is 6.67. The first-order chi connectivity index (χ1) is 17.6. The second kappa shape index (κ2) is 10.6. The SMILES string of the molecule is [C-]#[N+]c1ccc(Nc2ncnc(OC3C4COCC3CN(c3ncc(CCC)cn3)C4)c2F)c(Cl)c1. The van der Waals surface area contributed by atoms with E-state index in [0.29, 0.717) is 43.6 Å². The van der Waals surface area contributed by atoms with Gasteiger partial charge in [-0.3, -0.25) is 0 Å². The van der Waals surface area contributed by atoms with E-state index in [2.05, 4.69) is 41.9 Å². The van der Waals surface area contributed by atoms with Crippen LogP contribution in [0.1, 0.15) is 18.9 Å². The summed E-state index contributed by atoms with van der Waals surface area (Å²) in [4.78, 5) is 22.7. The highest BCUT2D eigenvalue weighted by Gasteiger charge is 2.43. The number of rotatable bonds is 7. The van der Waals surface area contributed by atoms with Gasteiger partial charge in [0.2, 0.25) is 11.8 Å². The van der Waals surface area contributed by atoms with E-state index in [1.54, 1.807) is 12.1 Å². The van der Waals surface area contributed by atoms with E-state index in [0.717, 1.165) is 18.4 Å². The summed E-state index contributed by atoms with van der Waals surface area (Å²) in [6.45, 7) is 11.5. The molecule has 5 rings (SSSR count). The minimum atomic E-state index is -0.709. The van der Waals surface area contributed by atoms with Crippen molar-refractivity contribution >= 4 is 34.7 Å². The van der Waals surface area contributed by atoms with Crippen LogP contribution in [0, 0.1) is 24.2 Å².